The minimum atomic E-state index is -0.879. The highest BCUT2D eigenvalue weighted by molar-refractivity contribution is 4.70. The zero-order valence-corrected chi connectivity index (χ0v) is 13.4. The standard InChI is InChI=1S/C17H36O3/c1-17(20,16-19)14-12-10-8-6-4-2-3-5-7-9-11-13-15-18/h18-20H,2-16H2,1H3. The monoisotopic (exact) mass is 288 g/mol. The van der Waals surface area contributed by atoms with Gasteiger partial charge in [0, 0.05) is 6.61 Å². The summed E-state index contributed by atoms with van der Waals surface area (Å²) in [4.78, 5) is 0. The molecule has 0 aromatic rings. The summed E-state index contributed by atoms with van der Waals surface area (Å²) in [6.45, 7) is 1.91. The van der Waals surface area contributed by atoms with Gasteiger partial charge in [0.25, 0.3) is 0 Å². The molecule has 0 rings (SSSR count). The molecule has 3 nitrogen and oxygen atoms in total. The van der Waals surface area contributed by atoms with Crippen molar-refractivity contribution in [3.05, 3.63) is 0 Å². The normalized spacial score (nSPS) is 14.4. The van der Waals surface area contributed by atoms with Crippen LogP contribution in [0.5, 0.6) is 0 Å². The Morgan fingerprint density at radius 1 is 0.600 bits per heavy atom. The molecule has 0 saturated heterocycles. The Morgan fingerprint density at radius 2 is 0.950 bits per heavy atom. The molecule has 0 aromatic heterocycles. The molecule has 1 atom stereocenters. The van der Waals surface area contributed by atoms with Crippen molar-refractivity contribution in [2.24, 2.45) is 0 Å². The second kappa shape index (κ2) is 13.8. The lowest BCUT2D eigenvalue weighted by molar-refractivity contribution is -0.00695. The molecule has 0 heterocycles. The molecule has 3 N–H and O–H groups in total. The Hall–Kier alpha value is -0.120. The second-order valence-electron chi connectivity index (χ2n) is 6.37. The number of aliphatic hydroxyl groups excluding tert-OH is 2. The number of aliphatic hydroxyl groups is 3. The van der Waals surface area contributed by atoms with E-state index in [1.807, 2.05) is 0 Å². The summed E-state index contributed by atoms with van der Waals surface area (Å²) >= 11 is 0. The van der Waals surface area contributed by atoms with Gasteiger partial charge in [-0.1, -0.05) is 70.6 Å². The van der Waals surface area contributed by atoms with Gasteiger partial charge in [0.05, 0.1) is 12.2 Å². The van der Waals surface area contributed by atoms with Crippen LogP contribution in [0.15, 0.2) is 0 Å². The van der Waals surface area contributed by atoms with Crippen LogP contribution >= 0.6 is 0 Å². The minimum absolute atomic E-state index is 0.134. The molecule has 0 fully saturated rings. The molecule has 0 aliphatic rings. The van der Waals surface area contributed by atoms with Crippen LogP contribution in [0.1, 0.15) is 90.4 Å². The fraction of sp³-hybridized carbons (Fsp3) is 1.00. The van der Waals surface area contributed by atoms with Gasteiger partial charge in [0.1, 0.15) is 0 Å². The highest BCUT2D eigenvalue weighted by Gasteiger charge is 2.17. The van der Waals surface area contributed by atoms with Crippen molar-refractivity contribution in [3.63, 3.8) is 0 Å². The third kappa shape index (κ3) is 14.3. The largest absolute Gasteiger partial charge is 0.396 e. The highest BCUT2D eigenvalue weighted by Crippen LogP contribution is 2.16. The van der Waals surface area contributed by atoms with Gasteiger partial charge in [-0.15, -0.1) is 0 Å². The van der Waals surface area contributed by atoms with Crippen molar-refractivity contribution in [2.45, 2.75) is 96.0 Å². The van der Waals surface area contributed by atoms with E-state index in [1.165, 1.54) is 57.8 Å². The molecule has 3 heteroatoms. The molecule has 0 radical (unpaired) electrons. The summed E-state index contributed by atoms with van der Waals surface area (Å²) in [6, 6.07) is 0. The summed E-state index contributed by atoms with van der Waals surface area (Å²) in [6.07, 6.45) is 15.5. The van der Waals surface area contributed by atoms with Gasteiger partial charge >= 0.3 is 0 Å². The first kappa shape index (κ1) is 19.9. The summed E-state index contributed by atoms with van der Waals surface area (Å²) in [5.41, 5.74) is -0.879. The Morgan fingerprint density at radius 3 is 1.30 bits per heavy atom. The second-order valence-corrected chi connectivity index (χ2v) is 6.37. The van der Waals surface area contributed by atoms with Crippen LogP contribution in [0, 0.1) is 0 Å². The van der Waals surface area contributed by atoms with Crippen molar-refractivity contribution in [2.75, 3.05) is 13.2 Å². The minimum Gasteiger partial charge on any atom is -0.396 e. The van der Waals surface area contributed by atoms with Crippen LogP contribution in [-0.4, -0.2) is 34.1 Å². The SMILES string of the molecule is CC(O)(CO)CCCCCCCCCCCCCCO. The zero-order chi connectivity index (χ0) is 15.1. The summed E-state index contributed by atoms with van der Waals surface area (Å²) in [5, 5.41) is 27.2. The molecule has 20 heavy (non-hydrogen) atoms. The lowest BCUT2D eigenvalue weighted by atomic mass is 9.98. The first-order valence-corrected chi connectivity index (χ1v) is 8.56. The van der Waals surface area contributed by atoms with E-state index < -0.39 is 5.60 Å². The molecule has 0 saturated carbocycles. The van der Waals surface area contributed by atoms with Crippen molar-refractivity contribution in [1.29, 1.82) is 0 Å². The quantitative estimate of drug-likeness (QED) is 0.402. The predicted molar refractivity (Wildman–Crippen MR) is 84.8 cm³/mol. The van der Waals surface area contributed by atoms with Crippen LogP contribution in [-0.2, 0) is 0 Å². The van der Waals surface area contributed by atoms with Crippen LogP contribution < -0.4 is 0 Å². The number of hydrogen-bond donors (Lipinski definition) is 3. The molecular formula is C17H36O3. The van der Waals surface area contributed by atoms with Crippen molar-refractivity contribution in [3.8, 4) is 0 Å². The molecule has 0 spiro atoms. The molecule has 0 aromatic carbocycles. The van der Waals surface area contributed by atoms with Gasteiger partial charge in [0.15, 0.2) is 0 Å². The molecule has 1 unspecified atom stereocenters. The maximum Gasteiger partial charge on any atom is 0.0849 e. The van der Waals surface area contributed by atoms with Crippen LogP contribution in [0.25, 0.3) is 0 Å². The van der Waals surface area contributed by atoms with E-state index in [9.17, 15) is 5.11 Å². The lowest BCUT2D eigenvalue weighted by Gasteiger charge is -2.19. The maximum atomic E-state index is 9.64. The summed E-state index contributed by atoms with van der Waals surface area (Å²) in [7, 11) is 0. The molecule has 0 amide bonds. The molecule has 0 aliphatic heterocycles. The fourth-order valence-electron chi connectivity index (χ4n) is 2.46. The van der Waals surface area contributed by atoms with E-state index in [-0.39, 0.29) is 6.61 Å². The van der Waals surface area contributed by atoms with Crippen LogP contribution in [0.3, 0.4) is 0 Å². The summed E-state index contributed by atoms with van der Waals surface area (Å²) < 4.78 is 0. The predicted octanol–water partition coefficient (Wildman–Crippen LogP) is 3.79. The van der Waals surface area contributed by atoms with Gasteiger partial charge in [-0.3, -0.25) is 0 Å². The van der Waals surface area contributed by atoms with E-state index in [4.69, 9.17) is 10.2 Å². The average molecular weight is 288 g/mol. The first-order valence-electron chi connectivity index (χ1n) is 8.56. The molecule has 0 aliphatic carbocycles. The number of rotatable bonds is 15. The van der Waals surface area contributed by atoms with Gasteiger partial charge in [-0.05, 0) is 19.8 Å². The van der Waals surface area contributed by atoms with Crippen LogP contribution in [0.2, 0.25) is 0 Å². The molecular weight excluding hydrogens is 252 g/mol. The number of hydrogen-bond acceptors (Lipinski definition) is 3. The smallest absolute Gasteiger partial charge is 0.0849 e. The fourth-order valence-corrected chi connectivity index (χ4v) is 2.46. The zero-order valence-electron chi connectivity index (χ0n) is 13.4. The third-order valence-electron chi connectivity index (χ3n) is 3.96. The topological polar surface area (TPSA) is 60.7 Å². The van der Waals surface area contributed by atoms with Crippen molar-refractivity contribution >= 4 is 0 Å². The van der Waals surface area contributed by atoms with Crippen LogP contribution in [0.4, 0.5) is 0 Å². The van der Waals surface area contributed by atoms with E-state index in [0.29, 0.717) is 13.0 Å². The number of unbranched alkanes of at least 4 members (excludes halogenated alkanes) is 11. The third-order valence-corrected chi connectivity index (χ3v) is 3.96. The summed E-state index contributed by atoms with van der Waals surface area (Å²) in [5.74, 6) is 0. The maximum absolute atomic E-state index is 9.64. The highest BCUT2D eigenvalue weighted by atomic mass is 16.3. The van der Waals surface area contributed by atoms with Crippen molar-refractivity contribution < 1.29 is 15.3 Å². The lowest BCUT2D eigenvalue weighted by Crippen LogP contribution is -2.28. The van der Waals surface area contributed by atoms with E-state index in [0.717, 1.165) is 19.3 Å². The Bertz CT molecular complexity index is 193. The Balaban J connectivity index is 3.06. The molecule has 122 valence electrons. The van der Waals surface area contributed by atoms with Gasteiger partial charge in [-0.25, -0.2) is 0 Å². The average Bonchev–Trinajstić information content (AvgIpc) is 2.44. The molecule has 0 bridgehead atoms. The Kier molecular flexibility index (Phi) is 13.8. The van der Waals surface area contributed by atoms with Gasteiger partial charge in [-0.2, -0.15) is 0 Å². The van der Waals surface area contributed by atoms with Crippen molar-refractivity contribution in [1.82, 2.24) is 0 Å². The van der Waals surface area contributed by atoms with E-state index in [1.54, 1.807) is 6.92 Å². The van der Waals surface area contributed by atoms with Gasteiger partial charge < -0.3 is 15.3 Å². The first-order chi connectivity index (χ1) is 9.62. The Labute approximate surface area is 125 Å². The van der Waals surface area contributed by atoms with E-state index in [2.05, 4.69) is 0 Å². The van der Waals surface area contributed by atoms with Gasteiger partial charge in [0.2, 0.25) is 0 Å². The van der Waals surface area contributed by atoms with E-state index >= 15 is 0 Å².